The molecule has 6 heteroatoms. The Morgan fingerprint density at radius 2 is 1.50 bits per heavy atom. The Hall–Kier alpha value is -2.99. The summed E-state index contributed by atoms with van der Waals surface area (Å²) in [6.07, 6.45) is 13.3. The second kappa shape index (κ2) is 15.7. The molecule has 0 fully saturated rings. The van der Waals surface area contributed by atoms with Crippen LogP contribution in [-0.4, -0.2) is 29.9 Å². The summed E-state index contributed by atoms with van der Waals surface area (Å²) >= 11 is 1.66. The van der Waals surface area contributed by atoms with Gasteiger partial charge in [0.05, 0.1) is 16.1 Å². The maximum absolute atomic E-state index is 12.4. The number of thiazole rings is 1. The van der Waals surface area contributed by atoms with Gasteiger partial charge in [-0.25, -0.2) is 4.98 Å². The third-order valence-corrected chi connectivity index (χ3v) is 9.03. The van der Waals surface area contributed by atoms with Gasteiger partial charge in [0.25, 0.3) is 5.91 Å². The highest BCUT2D eigenvalue weighted by atomic mass is 32.1. The number of aryl methyl sites for hydroxylation is 3. The Bertz CT molecular complexity index is 1230. The van der Waals surface area contributed by atoms with E-state index < -0.39 is 0 Å². The number of benzene rings is 2. The van der Waals surface area contributed by atoms with Gasteiger partial charge in [0.2, 0.25) is 5.91 Å². The van der Waals surface area contributed by atoms with Crippen molar-refractivity contribution in [1.82, 2.24) is 15.6 Å². The topological polar surface area (TPSA) is 71.1 Å². The average molecular weight is 560 g/mol. The lowest BCUT2D eigenvalue weighted by atomic mass is 9.96. The lowest BCUT2D eigenvalue weighted by Crippen LogP contribution is -2.25. The number of unbranched alkanes of at least 4 members (excludes halogenated alkanes) is 7. The minimum Gasteiger partial charge on any atom is -0.356 e. The zero-order valence-electron chi connectivity index (χ0n) is 24.3. The predicted molar refractivity (Wildman–Crippen MR) is 166 cm³/mol. The first-order chi connectivity index (χ1) is 19.5. The SMILES string of the molecule is Cc1ncsc1-c1ccc([C@@H](C)CC(=O)NCCCCCCCCCCNC(=O)c2ccc3c(c2)CCC3)cc1. The number of nitrogens with one attached hydrogen (secondary N) is 2. The minimum atomic E-state index is 0.0627. The molecule has 40 heavy (non-hydrogen) atoms. The summed E-state index contributed by atoms with van der Waals surface area (Å²) in [6.45, 7) is 5.68. The van der Waals surface area contributed by atoms with Gasteiger partial charge >= 0.3 is 0 Å². The third-order valence-electron chi connectivity index (χ3n) is 8.05. The highest BCUT2D eigenvalue weighted by Gasteiger charge is 2.14. The van der Waals surface area contributed by atoms with Crippen LogP contribution in [0.25, 0.3) is 10.4 Å². The number of nitrogens with zero attached hydrogens (tertiary/aromatic N) is 1. The number of carbonyl (C=O) groups excluding carboxylic acids is 2. The van der Waals surface area contributed by atoms with E-state index in [1.165, 1.54) is 59.2 Å². The van der Waals surface area contributed by atoms with Crippen LogP contribution >= 0.6 is 11.3 Å². The van der Waals surface area contributed by atoms with Crippen LogP contribution in [0.3, 0.4) is 0 Å². The number of hydrogen-bond acceptors (Lipinski definition) is 4. The van der Waals surface area contributed by atoms with Crippen molar-refractivity contribution >= 4 is 23.2 Å². The highest BCUT2D eigenvalue weighted by Crippen LogP contribution is 2.29. The maximum atomic E-state index is 12.4. The van der Waals surface area contributed by atoms with Crippen LogP contribution in [0.5, 0.6) is 0 Å². The van der Waals surface area contributed by atoms with Crippen LogP contribution in [0.15, 0.2) is 48.0 Å². The van der Waals surface area contributed by atoms with Gasteiger partial charge in [0.1, 0.15) is 0 Å². The highest BCUT2D eigenvalue weighted by molar-refractivity contribution is 7.13. The summed E-state index contributed by atoms with van der Waals surface area (Å²) in [5.74, 6) is 0.398. The second-order valence-electron chi connectivity index (χ2n) is 11.3. The van der Waals surface area contributed by atoms with Gasteiger partial charge in [-0.15, -0.1) is 11.3 Å². The van der Waals surface area contributed by atoms with Gasteiger partial charge in [-0.05, 0) is 79.3 Å². The standard InChI is InChI=1S/C34H45N3O2S/c1-25(27-14-17-29(18-15-27)33-26(2)37-24-40-33)22-32(38)35-20-9-7-5-3-4-6-8-10-21-36-34(39)31-19-16-28-12-11-13-30(28)23-31/h14-19,23-25H,3-13,20-22H2,1-2H3,(H,35,38)(H,36,39)/t25-/m0/s1. The Morgan fingerprint density at radius 1 is 0.850 bits per heavy atom. The van der Waals surface area contributed by atoms with Crippen molar-refractivity contribution in [2.24, 2.45) is 0 Å². The molecular formula is C34H45N3O2S. The van der Waals surface area contributed by atoms with E-state index in [4.69, 9.17) is 0 Å². The normalized spacial score (nSPS) is 13.2. The fourth-order valence-corrected chi connectivity index (χ4v) is 6.38. The van der Waals surface area contributed by atoms with Gasteiger partial charge in [0, 0.05) is 25.1 Å². The Kier molecular flexibility index (Phi) is 11.8. The molecule has 3 aromatic rings. The van der Waals surface area contributed by atoms with E-state index in [-0.39, 0.29) is 17.7 Å². The van der Waals surface area contributed by atoms with Crippen molar-refractivity contribution in [3.05, 3.63) is 75.9 Å². The summed E-state index contributed by atoms with van der Waals surface area (Å²) in [6, 6.07) is 14.7. The van der Waals surface area contributed by atoms with Gasteiger partial charge in [-0.2, -0.15) is 0 Å². The third kappa shape index (κ3) is 9.02. The quantitative estimate of drug-likeness (QED) is 0.176. The molecule has 0 saturated heterocycles. The molecule has 1 aromatic heterocycles. The van der Waals surface area contributed by atoms with Crippen LogP contribution < -0.4 is 10.6 Å². The van der Waals surface area contributed by atoms with Gasteiger partial charge in [-0.1, -0.05) is 75.8 Å². The first-order valence-corrected chi connectivity index (χ1v) is 16.1. The Balaban J connectivity index is 0.968. The molecule has 1 atom stereocenters. The maximum Gasteiger partial charge on any atom is 0.251 e. The van der Waals surface area contributed by atoms with Crippen LogP contribution in [-0.2, 0) is 17.6 Å². The number of hydrogen-bond donors (Lipinski definition) is 2. The van der Waals surface area contributed by atoms with E-state index in [0.717, 1.165) is 62.9 Å². The zero-order chi connectivity index (χ0) is 28.2. The largest absolute Gasteiger partial charge is 0.356 e. The molecule has 0 radical (unpaired) electrons. The molecule has 1 aliphatic carbocycles. The van der Waals surface area contributed by atoms with Crippen LogP contribution in [0, 0.1) is 6.92 Å². The molecule has 1 aliphatic rings. The predicted octanol–water partition coefficient (Wildman–Crippen LogP) is 7.77. The summed E-state index contributed by atoms with van der Waals surface area (Å²) in [5, 5.41) is 6.18. The van der Waals surface area contributed by atoms with Crippen molar-refractivity contribution < 1.29 is 9.59 Å². The summed E-state index contributed by atoms with van der Waals surface area (Å²) in [7, 11) is 0. The van der Waals surface area contributed by atoms with E-state index in [9.17, 15) is 9.59 Å². The minimum absolute atomic E-state index is 0.0627. The first kappa shape index (κ1) is 30.0. The molecule has 2 aromatic carbocycles. The Morgan fingerprint density at radius 3 is 2.17 bits per heavy atom. The number of aromatic nitrogens is 1. The van der Waals surface area contributed by atoms with Crippen LogP contribution in [0.2, 0.25) is 0 Å². The van der Waals surface area contributed by atoms with Crippen molar-refractivity contribution in [2.75, 3.05) is 13.1 Å². The van der Waals surface area contributed by atoms with Gasteiger partial charge in [-0.3, -0.25) is 9.59 Å². The molecule has 0 unspecified atom stereocenters. The zero-order valence-corrected chi connectivity index (χ0v) is 25.1. The molecule has 1 heterocycles. The van der Waals surface area contributed by atoms with Crippen molar-refractivity contribution in [1.29, 1.82) is 0 Å². The lowest BCUT2D eigenvalue weighted by Gasteiger charge is -2.13. The fourth-order valence-electron chi connectivity index (χ4n) is 5.57. The van der Waals surface area contributed by atoms with Crippen molar-refractivity contribution in [2.45, 2.75) is 96.8 Å². The molecule has 214 valence electrons. The summed E-state index contributed by atoms with van der Waals surface area (Å²) < 4.78 is 0. The molecule has 0 aliphatic heterocycles. The molecule has 2 amide bonds. The number of carbonyl (C=O) groups is 2. The summed E-state index contributed by atoms with van der Waals surface area (Å²) in [5.41, 5.74) is 8.90. The van der Waals surface area contributed by atoms with Gasteiger partial charge in [0.15, 0.2) is 0 Å². The molecular weight excluding hydrogens is 514 g/mol. The van der Waals surface area contributed by atoms with E-state index in [1.807, 2.05) is 18.5 Å². The number of amides is 2. The molecule has 5 nitrogen and oxygen atoms in total. The molecule has 4 rings (SSSR count). The van der Waals surface area contributed by atoms with Crippen LogP contribution in [0.4, 0.5) is 0 Å². The fraction of sp³-hybridized carbons (Fsp3) is 0.500. The van der Waals surface area contributed by atoms with Crippen LogP contribution in [0.1, 0.15) is 110 Å². The summed E-state index contributed by atoms with van der Waals surface area (Å²) in [4.78, 5) is 30.3. The van der Waals surface area contributed by atoms with E-state index >= 15 is 0 Å². The number of rotatable bonds is 16. The molecule has 0 spiro atoms. The smallest absolute Gasteiger partial charge is 0.251 e. The first-order valence-electron chi connectivity index (χ1n) is 15.2. The van der Waals surface area contributed by atoms with E-state index in [0.29, 0.717) is 6.42 Å². The molecule has 0 bridgehead atoms. The average Bonchev–Trinajstić information content (AvgIpc) is 3.61. The van der Waals surface area contributed by atoms with E-state index in [1.54, 1.807) is 11.3 Å². The second-order valence-corrected chi connectivity index (χ2v) is 12.1. The monoisotopic (exact) mass is 559 g/mol. The molecule has 2 N–H and O–H groups in total. The van der Waals surface area contributed by atoms with Crippen molar-refractivity contribution in [3.63, 3.8) is 0 Å². The molecule has 0 saturated carbocycles. The lowest BCUT2D eigenvalue weighted by molar-refractivity contribution is -0.121. The Labute approximate surface area is 244 Å². The van der Waals surface area contributed by atoms with Gasteiger partial charge < -0.3 is 10.6 Å². The number of fused-ring (bicyclic) bond motifs is 1. The van der Waals surface area contributed by atoms with Crippen molar-refractivity contribution in [3.8, 4) is 10.4 Å². The van der Waals surface area contributed by atoms with E-state index in [2.05, 4.69) is 58.9 Å².